The number of carbonyl (C=O) groups is 2. The van der Waals surface area contributed by atoms with Gasteiger partial charge in [0.15, 0.2) is 0 Å². The molecule has 1 atom stereocenters. The van der Waals surface area contributed by atoms with E-state index in [-0.39, 0.29) is 19.0 Å². The molecule has 0 saturated carbocycles. The highest BCUT2D eigenvalue weighted by molar-refractivity contribution is 5.74. The molecule has 0 aromatic carbocycles. The fourth-order valence-electron chi connectivity index (χ4n) is 1.52. The van der Waals surface area contributed by atoms with E-state index in [1.54, 1.807) is 10.9 Å². The largest absolute Gasteiger partial charge is 0.481 e. The molecule has 0 bridgehead atoms. The van der Waals surface area contributed by atoms with Crippen LogP contribution in [0, 0.1) is 0 Å². The number of nitrogens with one attached hydrogen (secondary N) is 2. The van der Waals surface area contributed by atoms with Crippen LogP contribution in [0.25, 0.3) is 0 Å². The number of hydrogen-bond acceptors (Lipinski definition) is 5. The van der Waals surface area contributed by atoms with Crippen molar-refractivity contribution in [3.8, 4) is 0 Å². The van der Waals surface area contributed by atoms with Gasteiger partial charge in [0.1, 0.15) is 12.2 Å². The third kappa shape index (κ3) is 5.65. The zero-order valence-corrected chi connectivity index (χ0v) is 11.5. The molecule has 1 unspecified atom stereocenters. The number of urea groups is 1. The number of amides is 2. The van der Waals surface area contributed by atoms with Crippen molar-refractivity contribution >= 4 is 12.0 Å². The van der Waals surface area contributed by atoms with Gasteiger partial charge in [-0.2, -0.15) is 0 Å². The van der Waals surface area contributed by atoms with Crippen LogP contribution in [-0.2, 0) is 23.0 Å². The third-order valence-corrected chi connectivity index (χ3v) is 2.67. The van der Waals surface area contributed by atoms with Gasteiger partial charge in [0.2, 0.25) is 0 Å². The molecule has 0 radical (unpaired) electrons. The number of carboxylic acid groups (broad SMARTS) is 1. The average molecular weight is 285 g/mol. The third-order valence-electron chi connectivity index (χ3n) is 2.67. The van der Waals surface area contributed by atoms with Crippen molar-refractivity contribution in [3.63, 3.8) is 0 Å². The van der Waals surface area contributed by atoms with Gasteiger partial charge < -0.3 is 25.0 Å². The van der Waals surface area contributed by atoms with Crippen LogP contribution >= 0.6 is 0 Å². The van der Waals surface area contributed by atoms with Gasteiger partial charge in [-0.15, -0.1) is 10.2 Å². The highest BCUT2D eigenvalue weighted by Gasteiger charge is 2.13. The second kappa shape index (κ2) is 8.10. The number of carbonyl (C=O) groups excluding carboxylic acids is 1. The first kappa shape index (κ1) is 15.9. The van der Waals surface area contributed by atoms with Crippen molar-refractivity contribution < 1.29 is 19.4 Å². The number of rotatable bonds is 8. The first-order valence-corrected chi connectivity index (χ1v) is 6.12. The minimum Gasteiger partial charge on any atom is -0.481 e. The maximum Gasteiger partial charge on any atom is 0.314 e. The molecule has 0 aliphatic rings. The summed E-state index contributed by atoms with van der Waals surface area (Å²) in [6.07, 6.45) is 1.45. The molecular weight excluding hydrogens is 266 g/mol. The predicted molar refractivity (Wildman–Crippen MR) is 69.2 cm³/mol. The smallest absolute Gasteiger partial charge is 0.314 e. The summed E-state index contributed by atoms with van der Waals surface area (Å²) in [7, 11) is 3.23. The maximum absolute atomic E-state index is 11.5. The summed E-state index contributed by atoms with van der Waals surface area (Å²) in [5.74, 6) is -0.202. The van der Waals surface area contributed by atoms with Crippen molar-refractivity contribution in [2.24, 2.45) is 7.05 Å². The Kier molecular flexibility index (Phi) is 6.44. The van der Waals surface area contributed by atoms with E-state index in [2.05, 4.69) is 20.8 Å². The highest BCUT2D eigenvalue weighted by atomic mass is 16.5. The van der Waals surface area contributed by atoms with E-state index in [0.29, 0.717) is 13.0 Å². The van der Waals surface area contributed by atoms with Gasteiger partial charge in [-0.05, 0) is 0 Å². The second-order valence-electron chi connectivity index (χ2n) is 4.20. The zero-order chi connectivity index (χ0) is 15.0. The van der Waals surface area contributed by atoms with Gasteiger partial charge in [-0.25, -0.2) is 4.79 Å². The Bertz CT molecular complexity index is 448. The monoisotopic (exact) mass is 285 g/mol. The molecule has 2 amide bonds. The molecule has 0 aliphatic carbocycles. The number of methoxy groups -OCH3 is 1. The molecule has 112 valence electrons. The van der Waals surface area contributed by atoms with Crippen LogP contribution < -0.4 is 10.6 Å². The van der Waals surface area contributed by atoms with E-state index < -0.39 is 12.1 Å². The van der Waals surface area contributed by atoms with Gasteiger partial charge in [-0.3, -0.25) is 4.79 Å². The fraction of sp³-hybridized carbons (Fsp3) is 0.636. The Morgan fingerprint density at radius 3 is 2.80 bits per heavy atom. The quantitative estimate of drug-likeness (QED) is 0.572. The lowest BCUT2D eigenvalue weighted by atomic mass is 10.2. The molecule has 0 fully saturated rings. The van der Waals surface area contributed by atoms with Crippen LogP contribution in [0.15, 0.2) is 6.33 Å². The summed E-state index contributed by atoms with van der Waals surface area (Å²) in [5.41, 5.74) is 0. The van der Waals surface area contributed by atoms with Gasteiger partial charge >= 0.3 is 12.0 Å². The lowest BCUT2D eigenvalue weighted by molar-refractivity contribution is -0.139. The minimum absolute atomic E-state index is 0.137. The number of aromatic nitrogens is 3. The van der Waals surface area contributed by atoms with Gasteiger partial charge in [0.05, 0.1) is 12.5 Å². The Balaban J connectivity index is 2.20. The first-order chi connectivity index (χ1) is 9.52. The van der Waals surface area contributed by atoms with E-state index >= 15 is 0 Å². The van der Waals surface area contributed by atoms with E-state index in [0.717, 1.165) is 5.82 Å². The number of aliphatic carboxylic acids is 1. The SMILES string of the molecule is COC(CNC(=O)NCCc1nncn1C)CC(=O)O. The van der Waals surface area contributed by atoms with Gasteiger partial charge in [-0.1, -0.05) is 0 Å². The molecule has 1 rings (SSSR count). The molecule has 0 spiro atoms. The normalized spacial score (nSPS) is 11.9. The summed E-state index contributed by atoms with van der Waals surface area (Å²) >= 11 is 0. The van der Waals surface area contributed by atoms with E-state index in [1.807, 2.05) is 7.05 Å². The molecule has 3 N–H and O–H groups in total. The molecule has 1 aromatic rings. The summed E-state index contributed by atoms with van der Waals surface area (Å²) < 4.78 is 6.72. The van der Waals surface area contributed by atoms with Crippen molar-refractivity contribution in [3.05, 3.63) is 12.2 Å². The maximum atomic E-state index is 11.5. The van der Waals surface area contributed by atoms with Crippen LogP contribution in [0.1, 0.15) is 12.2 Å². The molecule has 1 aromatic heterocycles. The lowest BCUT2D eigenvalue weighted by Gasteiger charge is -2.14. The van der Waals surface area contributed by atoms with E-state index in [1.165, 1.54) is 7.11 Å². The van der Waals surface area contributed by atoms with Crippen molar-refractivity contribution in [2.45, 2.75) is 18.9 Å². The molecule has 1 heterocycles. The number of ether oxygens (including phenoxy) is 1. The predicted octanol–water partition coefficient (Wildman–Crippen LogP) is -0.853. The second-order valence-corrected chi connectivity index (χ2v) is 4.20. The fourth-order valence-corrected chi connectivity index (χ4v) is 1.52. The number of aryl methyl sites for hydroxylation is 1. The Morgan fingerprint density at radius 1 is 1.50 bits per heavy atom. The molecular formula is C11H19N5O4. The lowest BCUT2D eigenvalue weighted by Crippen LogP contribution is -2.41. The highest BCUT2D eigenvalue weighted by Crippen LogP contribution is 1.95. The Labute approximate surface area is 116 Å². The van der Waals surface area contributed by atoms with Crippen LogP contribution in [0.4, 0.5) is 4.79 Å². The number of carboxylic acids is 1. The molecule has 9 nitrogen and oxygen atoms in total. The number of hydrogen-bond donors (Lipinski definition) is 3. The average Bonchev–Trinajstić information content (AvgIpc) is 2.80. The Hall–Kier alpha value is -2.16. The topological polar surface area (TPSA) is 118 Å². The molecule has 0 saturated heterocycles. The van der Waals surface area contributed by atoms with Gasteiger partial charge in [0.25, 0.3) is 0 Å². The number of nitrogens with zero attached hydrogens (tertiary/aromatic N) is 3. The van der Waals surface area contributed by atoms with Crippen LogP contribution in [0.5, 0.6) is 0 Å². The van der Waals surface area contributed by atoms with E-state index in [4.69, 9.17) is 9.84 Å². The molecule has 20 heavy (non-hydrogen) atoms. The molecule has 9 heteroatoms. The van der Waals surface area contributed by atoms with Crippen LogP contribution in [0.3, 0.4) is 0 Å². The molecule has 0 aliphatic heterocycles. The van der Waals surface area contributed by atoms with Crippen molar-refractivity contribution in [2.75, 3.05) is 20.2 Å². The summed E-state index contributed by atoms with van der Waals surface area (Å²) in [6.45, 7) is 0.549. The first-order valence-electron chi connectivity index (χ1n) is 6.12. The van der Waals surface area contributed by atoms with Gasteiger partial charge in [0, 0.05) is 33.7 Å². The summed E-state index contributed by atoms with van der Waals surface area (Å²) in [4.78, 5) is 22.0. The standard InChI is InChI=1S/C11H19N5O4/c1-16-7-14-15-9(16)3-4-12-11(19)13-6-8(20-2)5-10(17)18/h7-8H,3-6H2,1-2H3,(H,17,18)(H2,12,13,19). The van der Waals surface area contributed by atoms with Crippen LogP contribution in [0.2, 0.25) is 0 Å². The zero-order valence-electron chi connectivity index (χ0n) is 11.5. The van der Waals surface area contributed by atoms with Crippen molar-refractivity contribution in [1.82, 2.24) is 25.4 Å². The Morgan fingerprint density at radius 2 is 2.25 bits per heavy atom. The van der Waals surface area contributed by atoms with E-state index in [9.17, 15) is 9.59 Å². The summed E-state index contributed by atoms with van der Waals surface area (Å²) in [6, 6.07) is -0.375. The van der Waals surface area contributed by atoms with Crippen molar-refractivity contribution in [1.29, 1.82) is 0 Å². The summed E-state index contributed by atoms with van der Waals surface area (Å²) in [5, 5.41) is 21.4. The van der Waals surface area contributed by atoms with Crippen LogP contribution in [-0.4, -0.2) is 58.2 Å². The minimum atomic E-state index is -0.971.